The summed E-state index contributed by atoms with van der Waals surface area (Å²) in [5, 5.41) is 16.9. The Balaban J connectivity index is 2.95. The summed E-state index contributed by atoms with van der Waals surface area (Å²) >= 11 is 0. The maximum absolute atomic E-state index is 12.0. The van der Waals surface area contributed by atoms with Crippen molar-refractivity contribution in [2.45, 2.75) is 38.4 Å². The van der Waals surface area contributed by atoms with E-state index in [4.69, 9.17) is 5.26 Å². The van der Waals surface area contributed by atoms with Crippen molar-refractivity contribution < 1.29 is 18.3 Å². The highest BCUT2D eigenvalue weighted by Crippen LogP contribution is 2.37. The summed E-state index contributed by atoms with van der Waals surface area (Å²) in [6, 6.07) is 1.69. The maximum Gasteiger partial charge on any atom is 0.311 e. The minimum Gasteiger partial charge on any atom is -0.481 e. The molecule has 0 aliphatic carbocycles. The van der Waals surface area contributed by atoms with E-state index in [2.05, 4.69) is 0 Å². The van der Waals surface area contributed by atoms with Crippen LogP contribution in [0.5, 0.6) is 0 Å². The highest BCUT2D eigenvalue weighted by molar-refractivity contribution is 7.90. The summed E-state index contributed by atoms with van der Waals surface area (Å²) in [5.41, 5.74) is -0.989. The Morgan fingerprint density at radius 2 is 2.22 bits per heavy atom. The summed E-state index contributed by atoms with van der Waals surface area (Å²) in [6.07, 6.45) is 1.46. The van der Waals surface area contributed by atoms with Crippen LogP contribution in [0, 0.1) is 16.7 Å². The molecule has 1 fully saturated rings. The minimum atomic E-state index is -3.70. The van der Waals surface area contributed by atoms with Crippen LogP contribution in [0.1, 0.15) is 33.1 Å². The van der Waals surface area contributed by atoms with Gasteiger partial charge < -0.3 is 5.11 Å². The Bertz CT molecular complexity index is 468. The lowest BCUT2D eigenvalue weighted by atomic mass is 9.83. The van der Waals surface area contributed by atoms with E-state index in [0.717, 1.165) is 4.31 Å². The Kier molecular flexibility index (Phi) is 4.35. The van der Waals surface area contributed by atoms with Crippen LogP contribution >= 0.6 is 0 Å². The summed E-state index contributed by atoms with van der Waals surface area (Å²) in [4.78, 5) is 11.3. The Hall–Kier alpha value is -1.13. The fourth-order valence-electron chi connectivity index (χ4n) is 2.31. The van der Waals surface area contributed by atoms with Crippen molar-refractivity contribution in [3.8, 4) is 6.07 Å². The molecule has 1 rings (SSSR count). The van der Waals surface area contributed by atoms with Crippen molar-refractivity contribution in [1.29, 1.82) is 5.26 Å². The molecule has 2 atom stereocenters. The molecule has 18 heavy (non-hydrogen) atoms. The van der Waals surface area contributed by atoms with Crippen molar-refractivity contribution in [3.05, 3.63) is 0 Å². The smallest absolute Gasteiger partial charge is 0.311 e. The van der Waals surface area contributed by atoms with Gasteiger partial charge in [-0.2, -0.15) is 9.57 Å². The third kappa shape index (κ3) is 2.49. The number of nitrogens with zero attached hydrogens (tertiary/aromatic N) is 2. The molecule has 0 amide bonds. The first kappa shape index (κ1) is 14.9. The lowest BCUT2D eigenvalue weighted by molar-refractivity contribution is -0.148. The molecule has 6 nitrogen and oxygen atoms in total. The van der Waals surface area contributed by atoms with Gasteiger partial charge in [0.25, 0.3) is 0 Å². The Morgan fingerprint density at radius 3 is 2.67 bits per heavy atom. The monoisotopic (exact) mass is 274 g/mol. The average Bonchev–Trinajstić information content (AvgIpc) is 2.74. The molecule has 1 heterocycles. The van der Waals surface area contributed by atoms with E-state index in [9.17, 15) is 18.3 Å². The number of hydrogen-bond donors (Lipinski definition) is 1. The minimum absolute atomic E-state index is 0.0233. The summed E-state index contributed by atoms with van der Waals surface area (Å²) in [7, 11) is -3.70. The van der Waals surface area contributed by atoms with Crippen molar-refractivity contribution in [1.82, 2.24) is 4.31 Å². The second kappa shape index (κ2) is 5.24. The van der Waals surface area contributed by atoms with Gasteiger partial charge in [-0.3, -0.25) is 4.79 Å². The average molecular weight is 274 g/mol. The van der Waals surface area contributed by atoms with Gasteiger partial charge in [-0.05, 0) is 19.8 Å². The zero-order valence-corrected chi connectivity index (χ0v) is 11.4. The SMILES string of the molecule is CCCC1(C(=O)O)CCN(S(=O)(=O)C(C)C#N)C1. The molecule has 1 aliphatic heterocycles. The second-order valence-corrected chi connectivity index (χ2v) is 6.99. The number of hydrogen-bond acceptors (Lipinski definition) is 4. The van der Waals surface area contributed by atoms with Gasteiger partial charge in [0.2, 0.25) is 10.0 Å². The van der Waals surface area contributed by atoms with Gasteiger partial charge >= 0.3 is 5.97 Å². The van der Waals surface area contributed by atoms with E-state index in [1.807, 2.05) is 6.92 Å². The summed E-state index contributed by atoms with van der Waals surface area (Å²) in [6.45, 7) is 3.35. The van der Waals surface area contributed by atoms with E-state index < -0.39 is 26.7 Å². The molecule has 0 radical (unpaired) electrons. The molecule has 1 saturated heterocycles. The van der Waals surface area contributed by atoms with Gasteiger partial charge in [0.05, 0.1) is 11.5 Å². The van der Waals surface area contributed by atoms with Crippen LogP contribution in [0.2, 0.25) is 0 Å². The van der Waals surface area contributed by atoms with Gasteiger partial charge in [-0.15, -0.1) is 0 Å². The quantitative estimate of drug-likeness (QED) is 0.799. The lowest BCUT2D eigenvalue weighted by Crippen LogP contribution is -2.39. The van der Waals surface area contributed by atoms with Gasteiger partial charge in [0.15, 0.2) is 5.25 Å². The largest absolute Gasteiger partial charge is 0.481 e. The Labute approximate surface area is 107 Å². The van der Waals surface area contributed by atoms with Gasteiger partial charge in [-0.25, -0.2) is 8.42 Å². The first-order chi connectivity index (χ1) is 8.30. The number of sulfonamides is 1. The number of nitriles is 1. The number of carbonyl (C=O) groups is 1. The van der Waals surface area contributed by atoms with Crippen LogP contribution in [-0.4, -0.2) is 42.1 Å². The van der Waals surface area contributed by atoms with Crippen LogP contribution in [0.4, 0.5) is 0 Å². The van der Waals surface area contributed by atoms with E-state index in [-0.39, 0.29) is 13.1 Å². The molecule has 0 saturated carbocycles. The normalized spacial score (nSPS) is 26.7. The molecular formula is C11H18N2O4S. The van der Waals surface area contributed by atoms with Gasteiger partial charge in [-0.1, -0.05) is 13.3 Å². The first-order valence-corrected chi connectivity index (χ1v) is 7.42. The van der Waals surface area contributed by atoms with Crippen LogP contribution in [0.15, 0.2) is 0 Å². The van der Waals surface area contributed by atoms with E-state index >= 15 is 0 Å². The van der Waals surface area contributed by atoms with E-state index in [1.165, 1.54) is 6.92 Å². The molecule has 0 aromatic rings. The lowest BCUT2D eigenvalue weighted by Gasteiger charge is -2.24. The number of carboxylic acids is 1. The summed E-state index contributed by atoms with van der Waals surface area (Å²) in [5.74, 6) is -0.952. The van der Waals surface area contributed by atoms with Crippen LogP contribution < -0.4 is 0 Å². The highest BCUT2D eigenvalue weighted by Gasteiger charge is 2.48. The zero-order valence-electron chi connectivity index (χ0n) is 10.6. The van der Waals surface area contributed by atoms with Crippen LogP contribution in [0.3, 0.4) is 0 Å². The standard InChI is InChI=1S/C11H18N2O4S/c1-3-4-11(10(14)15)5-6-13(8-11)18(16,17)9(2)7-12/h9H,3-6,8H2,1-2H3,(H,14,15). The molecule has 0 aromatic carbocycles. The fraction of sp³-hybridized carbons (Fsp3) is 0.818. The molecule has 1 aliphatic rings. The topological polar surface area (TPSA) is 98.5 Å². The predicted molar refractivity (Wildman–Crippen MR) is 65.2 cm³/mol. The van der Waals surface area contributed by atoms with Crippen molar-refractivity contribution in [2.75, 3.05) is 13.1 Å². The fourth-order valence-corrected chi connectivity index (χ4v) is 3.66. The van der Waals surface area contributed by atoms with Crippen LogP contribution in [0.25, 0.3) is 0 Å². The molecule has 0 aromatic heterocycles. The first-order valence-electron chi connectivity index (χ1n) is 5.92. The molecule has 0 spiro atoms. The number of rotatable bonds is 5. The van der Waals surface area contributed by atoms with Crippen LogP contribution in [-0.2, 0) is 14.8 Å². The second-order valence-electron chi connectivity index (χ2n) is 4.74. The molecule has 7 heteroatoms. The van der Waals surface area contributed by atoms with Gasteiger partial charge in [0.1, 0.15) is 0 Å². The van der Waals surface area contributed by atoms with E-state index in [1.54, 1.807) is 6.07 Å². The molecule has 102 valence electrons. The zero-order chi connectivity index (χ0) is 14.0. The van der Waals surface area contributed by atoms with Gasteiger partial charge in [0, 0.05) is 13.1 Å². The highest BCUT2D eigenvalue weighted by atomic mass is 32.2. The predicted octanol–water partition coefficient (Wildman–Crippen LogP) is 0.805. The number of carboxylic acid groups (broad SMARTS) is 1. The summed E-state index contributed by atoms with van der Waals surface area (Å²) < 4.78 is 25.1. The Morgan fingerprint density at radius 1 is 1.61 bits per heavy atom. The third-order valence-electron chi connectivity index (χ3n) is 3.49. The maximum atomic E-state index is 12.0. The third-order valence-corrected chi connectivity index (χ3v) is 5.52. The van der Waals surface area contributed by atoms with Crippen molar-refractivity contribution in [3.63, 3.8) is 0 Å². The van der Waals surface area contributed by atoms with Crippen molar-refractivity contribution in [2.24, 2.45) is 5.41 Å². The molecule has 2 unspecified atom stereocenters. The number of aliphatic carboxylic acids is 1. The molecule has 1 N–H and O–H groups in total. The van der Waals surface area contributed by atoms with Crippen molar-refractivity contribution >= 4 is 16.0 Å². The van der Waals surface area contributed by atoms with E-state index in [0.29, 0.717) is 19.3 Å². The molecule has 0 bridgehead atoms. The molecular weight excluding hydrogens is 256 g/mol.